The maximum Gasteiger partial charge on any atom is 0.0420 e. The zero-order valence-electron chi connectivity index (χ0n) is 13.5. The molecule has 0 aliphatic carbocycles. The van der Waals surface area contributed by atoms with E-state index in [2.05, 4.69) is 53.9 Å². The monoisotopic (exact) mass is 286 g/mol. The highest BCUT2D eigenvalue weighted by Gasteiger charge is 2.27. The van der Waals surface area contributed by atoms with Crippen LogP contribution >= 0.6 is 0 Å². The van der Waals surface area contributed by atoms with Crippen LogP contribution in [0.15, 0.2) is 0 Å². The van der Waals surface area contributed by atoms with Gasteiger partial charge in [0.1, 0.15) is 0 Å². The minimum absolute atomic E-state index is 0.0412. The summed E-state index contributed by atoms with van der Waals surface area (Å²) in [7, 11) is -0.955. The molecule has 0 rings (SSSR count). The molecule has 0 heterocycles. The first kappa shape index (κ1) is 17.7. The van der Waals surface area contributed by atoms with Crippen molar-refractivity contribution < 1.29 is 0 Å². The SMILES string of the molecule is CC(C)C[Si](C)C[Si](C)(C)C[Si](C)CC(C)C. The number of hydrogen-bond acceptors (Lipinski definition) is 0. The van der Waals surface area contributed by atoms with E-state index in [1.54, 1.807) is 11.3 Å². The number of hydrogen-bond donors (Lipinski definition) is 0. The Bertz CT molecular complexity index is 180. The summed E-state index contributed by atoms with van der Waals surface area (Å²) in [5.41, 5.74) is 3.30. The minimum Gasteiger partial charge on any atom is -0.0713 e. The van der Waals surface area contributed by atoms with Crippen LogP contribution in [0.2, 0.25) is 49.6 Å². The molecule has 0 amide bonds. The number of rotatable bonds is 8. The van der Waals surface area contributed by atoms with Gasteiger partial charge in [0.15, 0.2) is 0 Å². The van der Waals surface area contributed by atoms with Crippen molar-refractivity contribution in [2.45, 2.75) is 77.3 Å². The molecule has 0 aliphatic rings. The highest BCUT2D eigenvalue weighted by molar-refractivity contribution is 6.94. The molecule has 0 nitrogen and oxygen atoms in total. The molecule has 102 valence electrons. The Labute approximate surface area is 115 Å². The third kappa shape index (κ3) is 10.3. The molecule has 0 spiro atoms. The maximum absolute atomic E-state index is 2.65. The molecule has 0 saturated heterocycles. The second-order valence-electron chi connectivity index (χ2n) is 7.63. The molecule has 0 unspecified atom stereocenters. The van der Waals surface area contributed by atoms with E-state index >= 15 is 0 Å². The summed E-state index contributed by atoms with van der Waals surface area (Å²) in [5.74, 6) is 1.83. The van der Waals surface area contributed by atoms with Gasteiger partial charge in [-0.1, -0.05) is 77.3 Å². The van der Waals surface area contributed by atoms with Gasteiger partial charge in [0, 0.05) is 25.7 Å². The first-order chi connectivity index (χ1) is 7.62. The fraction of sp³-hybridized carbons (Fsp3) is 1.00. The van der Waals surface area contributed by atoms with Crippen molar-refractivity contribution in [3.8, 4) is 0 Å². The Hall–Kier alpha value is 0.651. The first-order valence-electron chi connectivity index (χ1n) is 7.25. The van der Waals surface area contributed by atoms with Gasteiger partial charge < -0.3 is 0 Å². The lowest BCUT2D eigenvalue weighted by molar-refractivity contribution is 0.725. The van der Waals surface area contributed by atoms with Gasteiger partial charge in [0.05, 0.1) is 0 Å². The van der Waals surface area contributed by atoms with Crippen molar-refractivity contribution in [2.24, 2.45) is 11.8 Å². The molecule has 0 aromatic heterocycles. The van der Waals surface area contributed by atoms with E-state index in [4.69, 9.17) is 0 Å². The third-order valence-electron chi connectivity index (χ3n) is 3.07. The van der Waals surface area contributed by atoms with E-state index in [-0.39, 0.29) is 17.6 Å². The molecule has 0 aliphatic heterocycles. The summed E-state index contributed by atoms with van der Waals surface area (Å²) in [6.45, 7) is 20.0. The van der Waals surface area contributed by atoms with Gasteiger partial charge >= 0.3 is 0 Å². The Balaban J connectivity index is 4.09. The Morgan fingerprint density at radius 3 is 1.29 bits per heavy atom. The van der Waals surface area contributed by atoms with Crippen LogP contribution in [0.4, 0.5) is 0 Å². The van der Waals surface area contributed by atoms with Crippen molar-refractivity contribution >= 4 is 25.7 Å². The standard InChI is InChI=1S/C14H34Si3/c1-13(2)9-15(5)11-17(7,8)12-16(6)10-14(3)4/h13-14H,9-12H2,1-8H3. The molecule has 0 bridgehead atoms. The molecule has 0 saturated carbocycles. The van der Waals surface area contributed by atoms with Gasteiger partial charge in [0.2, 0.25) is 0 Å². The Morgan fingerprint density at radius 1 is 0.765 bits per heavy atom. The second-order valence-corrected chi connectivity index (χ2v) is 19.4. The van der Waals surface area contributed by atoms with Crippen molar-refractivity contribution in [3.05, 3.63) is 0 Å². The Kier molecular flexibility index (Phi) is 8.25. The smallest absolute Gasteiger partial charge is 0.0420 e. The normalized spacial score (nSPS) is 13.4. The van der Waals surface area contributed by atoms with E-state index in [0.717, 1.165) is 11.8 Å². The minimum atomic E-state index is -0.873. The van der Waals surface area contributed by atoms with Crippen LogP contribution in [0.3, 0.4) is 0 Å². The predicted molar refractivity (Wildman–Crippen MR) is 89.6 cm³/mol. The fourth-order valence-electron chi connectivity index (χ4n) is 3.23. The van der Waals surface area contributed by atoms with Crippen LogP contribution in [-0.2, 0) is 0 Å². The summed E-state index contributed by atoms with van der Waals surface area (Å²) in [5, 5.41) is 0. The van der Waals surface area contributed by atoms with E-state index < -0.39 is 8.07 Å². The average Bonchev–Trinajstić information content (AvgIpc) is 1.95. The lowest BCUT2D eigenvalue weighted by atomic mass is 10.3. The first-order valence-corrected chi connectivity index (χ1v) is 15.5. The fourth-order valence-corrected chi connectivity index (χ4v) is 21.9. The van der Waals surface area contributed by atoms with Crippen molar-refractivity contribution in [1.82, 2.24) is 0 Å². The summed E-state index contributed by atoms with van der Waals surface area (Å²) < 4.78 is 0. The molecule has 2 radical (unpaired) electrons. The van der Waals surface area contributed by atoms with E-state index in [0.29, 0.717) is 0 Å². The molecular formula is C14H34Si3. The van der Waals surface area contributed by atoms with Gasteiger partial charge in [-0.15, -0.1) is 0 Å². The lowest BCUT2D eigenvalue weighted by Crippen LogP contribution is -2.36. The van der Waals surface area contributed by atoms with E-state index in [1.165, 1.54) is 12.1 Å². The average molecular weight is 287 g/mol. The topological polar surface area (TPSA) is 0 Å². The molecule has 0 fully saturated rings. The molecule has 0 atom stereocenters. The zero-order valence-corrected chi connectivity index (χ0v) is 16.5. The van der Waals surface area contributed by atoms with Gasteiger partial charge in [0.25, 0.3) is 0 Å². The summed E-state index contributed by atoms with van der Waals surface area (Å²) in [6, 6.07) is 3.05. The van der Waals surface area contributed by atoms with Crippen LogP contribution < -0.4 is 0 Å². The summed E-state index contributed by atoms with van der Waals surface area (Å²) in [4.78, 5) is 0. The quantitative estimate of drug-likeness (QED) is 0.529. The molecule has 3 heteroatoms. The molecular weight excluding hydrogens is 252 g/mol. The largest absolute Gasteiger partial charge is 0.0713 e. The van der Waals surface area contributed by atoms with Crippen molar-refractivity contribution in [2.75, 3.05) is 0 Å². The molecule has 0 N–H and O–H groups in total. The van der Waals surface area contributed by atoms with E-state index in [1.807, 2.05) is 0 Å². The second kappa shape index (κ2) is 7.95. The van der Waals surface area contributed by atoms with Crippen LogP contribution in [0, 0.1) is 11.8 Å². The third-order valence-corrected chi connectivity index (χ3v) is 18.6. The van der Waals surface area contributed by atoms with Crippen molar-refractivity contribution in [3.63, 3.8) is 0 Å². The van der Waals surface area contributed by atoms with E-state index in [9.17, 15) is 0 Å². The molecule has 0 aromatic carbocycles. The maximum atomic E-state index is 2.65. The van der Waals surface area contributed by atoms with Crippen LogP contribution in [0.1, 0.15) is 27.7 Å². The Morgan fingerprint density at radius 2 is 1.06 bits per heavy atom. The van der Waals surface area contributed by atoms with Crippen LogP contribution in [-0.4, -0.2) is 25.7 Å². The zero-order chi connectivity index (χ0) is 13.6. The highest BCUT2D eigenvalue weighted by Crippen LogP contribution is 2.24. The van der Waals surface area contributed by atoms with Gasteiger partial charge in [-0.2, -0.15) is 0 Å². The van der Waals surface area contributed by atoms with Crippen LogP contribution in [0.5, 0.6) is 0 Å². The highest BCUT2D eigenvalue weighted by atomic mass is 28.4. The van der Waals surface area contributed by atoms with Crippen LogP contribution in [0.25, 0.3) is 0 Å². The lowest BCUT2D eigenvalue weighted by Gasteiger charge is -2.29. The molecule has 0 aromatic rings. The predicted octanol–water partition coefficient (Wildman–Crippen LogP) is 5.33. The summed E-state index contributed by atoms with van der Waals surface area (Å²) in [6.07, 6.45) is 0. The van der Waals surface area contributed by atoms with Crippen molar-refractivity contribution in [1.29, 1.82) is 0 Å². The van der Waals surface area contributed by atoms with Gasteiger partial charge in [-0.25, -0.2) is 0 Å². The van der Waals surface area contributed by atoms with Gasteiger partial charge in [-0.3, -0.25) is 0 Å². The summed E-state index contributed by atoms with van der Waals surface area (Å²) >= 11 is 0. The molecule has 17 heavy (non-hydrogen) atoms. The van der Waals surface area contributed by atoms with Gasteiger partial charge in [-0.05, 0) is 11.8 Å².